The second-order valence-corrected chi connectivity index (χ2v) is 8.37. The third kappa shape index (κ3) is 5.07. The van der Waals surface area contributed by atoms with Crippen molar-refractivity contribution < 1.29 is 17.9 Å². The molecule has 3 rings (SSSR count). The summed E-state index contributed by atoms with van der Waals surface area (Å²) in [5.74, 6) is 0.175. The Morgan fingerprint density at radius 3 is 2.34 bits per heavy atom. The Morgan fingerprint density at radius 2 is 1.69 bits per heavy atom. The molecule has 0 radical (unpaired) electrons. The highest BCUT2D eigenvalue weighted by Gasteiger charge is 2.15. The van der Waals surface area contributed by atoms with Crippen molar-refractivity contribution in [1.82, 2.24) is 0 Å². The lowest BCUT2D eigenvalue weighted by Gasteiger charge is -2.11. The number of anilines is 2. The second-order valence-electron chi connectivity index (χ2n) is 6.28. The molecule has 6 nitrogen and oxygen atoms in total. The van der Waals surface area contributed by atoms with Crippen molar-refractivity contribution in [1.29, 1.82) is 0 Å². The summed E-state index contributed by atoms with van der Waals surface area (Å²) in [6, 6.07) is 17.4. The van der Waals surface area contributed by atoms with Gasteiger partial charge in [0.15, 0.2) is 0 Å². The quantitative estimate of drug-likeness (QED) is 0.593. The van der Waals surface area contributed by atoms with E-state index in [2.05, 4.69) is 10.0 Å². The number of benzene rings is 3. The van der Waals surface area contributed by atoms with Gasteiger partial charge in [0.05, 0.1) is 12.0 Å². The highest BCUT2D eigenvalue weighted by Crippen LogP contribution is 2.22. The van der Waals surface area contributed by atoms with E-state index >= 15 is 0 Å². The van der Waals surface area contributed by atoms with Gasteiger partial charge in [-0.3, -0.25) is 9.52 Å². The SMILES string of the molecule is COc1ccc(S(=O)(=O)Nc2cccc(C(=O)Nc3ccc(C)c(Cl)c3)c2)cc1. The molecule has 0 aliphatic heterocycles. The highest BCUT2D eigenvalue weighted by atomic mass is 35.5. The van der Waals surface area contributed by atoms with Crippen molar-refractivity contribution in [2.45, 2.75) is 11.8 Å². The first kappa shape index (κ1) is 20.7. The van der Waals surface area contributed by atoms with Crippen LogP contribution in [0.15, 0.2) is 71.6 Å². The Morgan fingerprint density at radius 1 is 0.966 bits per heavy atom. The summed E-state index contributed by atoms with van der Waals surface area (Å²) in [6.07, 6.45) is 0. The van der Waals surface area contributed by atoms with Crippen LogP contribution in [0.5, 0.6) is 5.75 Å². The van der Waals surface area contributed by atoms with E-state index in [4.69, 9.17) is 16.3 Å². The summed E-state index contributed by atoms with van der Waals surface area (Å²) in [7, 11) is -2.30. The molecule has 0 fully saturated rings. The molecule has 3 aromatic rings. The Hall–Kier alpha value is -3.03. The number of nitrogens with one attached hydrogen (secondary N) is 2. The molecule has 0 spiro atoms. The normalized spacial score (nSPS) is 11.0. The van der Waals surface area contributed by atoms with E-state index in [0.29, 0.717) is 22.0 Å². The first-order chi connectivity index (χ1) is 13.8. The molecule has 0 saturated carbocycles. The Labute approximate surface area is 174 Å². The molecule has 3 aromatic carbocycles. The number of rotatable bonds is 6. The molecule has 0 saturated heterocycles. The van der Waals surface area contributed by atoms with Crippen LogP contribution in [-0.2, 0) is 10.0 Å². The van der Waals surface area contributed by atoms with Crippen molar-refractivity contribution in [3.05, 3.63) is 82.9 Å². The molecule has 8 heteroatoms. The third-order valence-corrected chi connectivity index (χ3v) is 5.98. The van der Waals surface area contributed by atoms with Gasteiger partial charge in [-0.25, -0.2) is 8.42 Å². The largest absolute Gasteiger partial charge is 0.497 e. The molecule has 0 aliphatic rings. The van der Waals surface area contributed by atoms with E-state index in [0.717, 1.165) is 5.56 Å². The van der Waals surface area contributed by atoms with Crippen molar-refractivity contribution in [2.24, 2.45) is 0 Å². The molecule has 150 valence electrons. The molecule has 0 aromatic heterocycles. The maximum Gasteiger partial charge on any atom is 0.261 e. The van der Waals surface area contributed by atoms with Crippen molar-refractivity contribution in [3.8, 4) is 5.75 Å². The zero-order valence-corrected chi connectivity index (χ0v) is 17.3. The summed E-state index contributed by atoms with van der Waals surface area (Å²) in [6.45, 7) is 1.87. The molecule has 0 aliphatic carbocycles. The maximum absolute atomic E-state index is 12.6. The van der Waals surface area contributed by atoms with Crippen LogP contribution in [0.3, 0.4) is 0 Å². The van der Waals surface area contributed by atoms with Crippen LogP contribution in [0.4, 0.5) is 11.4 Å². The van der Waals surface area contributed by atoms with Crippen LogP contribution in [0.25, 0.3) is 0 Å². The summed E-state index contributed by atoms with van der Waals surface area (Å²) in [5, 5.41) is 3.29. The van der Waals surface area contributed by atoms with Crippen LogP contribution in [-0.4, -0.2) is 21.4 Å². The third-order valence-electron chi connectivity index (χ3n) is 4.18. The first-order valence-electron chi connectivity index (χ1n) is 8.63. The fourth-order valence-electron chi connectivity index (χ4n) is 2.57. The lowest BCUT2D eigenvalue weighted by Crippen LogP contribution is -2.15. The van der Waals surface area contributed by atoms with Gasteiger partial charge in [-0.05, 0) is 67.1 Å². The number of hydrogen-bond acceptors (Lipinski definition) is 4. The lowest BCUT2D eigenvalue weighted by atomic mass is 10.1. The minimum atomic E-state index is -3.80. The fourth-order valence-corrected chi connectivity index (χ4v) is 3.80. The van der Waals surface area contributed by atoms with E-state index < -0.39 is 10.0 Å². The molecule has 0 atom stereocenters. The number of amides is 1. The number of carbonyl (C=O) groups excluding carboxylic acids is 1. The molecule has 0 unspecified atom stereocenters. The van der Waals surface area contributed by atoms with E-state index in [1.807, 2.05) is 6.92 Å². The van der Waals surface area contributed by atoms with Crippen LogP contribution >= 0.6 is 11.6 Å². The van der Waals surface area contributed by atoms with E-state index in [-0.39, 0.29) is 16.5 Å². The summed E-state index contributed by atoms with van der Waals surface area (Å²) < 4.78 is 32.7. The number of aryl methyl sites for hydroxylation is 1. The van der Waals surface area contributed by atoms with Gasteiger partial charge in [0.2, 0.25) is 0 Å². The smallest absolute Gasteiger partial charge is 0.261 e. The van der Waals surface area contributed by atoms with Gasteiger partial charge < -0.3 is 10.1 Å². The molecule has 2 N–H and O–H groups in total. The number of carbonyl (C=O) groups is 1. The van der Waals surface area contributed by atoms with Gasteiger partial charge in [0.25, 0.3) is 15.9 Å². The van der Waals surface area contributed by atoms with Gasteiger partial charge in [-0.2, -0.15) is 0 Å². The molecule has 0 bridgehead atoms. The van der Waals surface area contributed by atoms with Crippen LogP contribution in [0, 0.1) is 6.92 Å². The summed E-state index contributed by atoms with van der Waals surface area (Å²) >= 11 is 6.08. The van der Waals surface area contributed by atoms with Gasteiger partial charge in [-0.1, -0.05) is 23.7 Å². The average Bonchev–Trinajstić information content (AvgIpc) is 2.70. The van der Waals surface area contributed by atoms with Gasteiger partial charge in [-0.15, -0.1) is 0 Å². The van der Waals surface area contributed by atoms with Gasteiger partial charge in [0.1, 0.15) is 5.75 Å². The topological polar surface area (TPSA) is 84.5 Å². The van der Waals surface area contributed by atoms with Gasteiger partial charge >= 0.3 is 0 Å². The fraction of sp³-hybridized carbons (Fsp3) is 0.0952. The monoisotopic (exact) mass is 430 g/mol. The van der Waals surface area contributed by atoms with Crippen molar-refractivity contribution >= 4 is 38.9 Å². The molecular weight excluding hydrogens is 412 g/mol. The summed E-state index contributed by atoms with van der Waals surface area (Å²) in [4.78, 5) is 12.6. The second kappa shape index (κ2) is 8.55. The zero-order chi connectivity index (χ0) is 21.0. The average molecular weight is 431 g/mol. The Kier molecular flexibility index (Phi) is 6.10. The predicted molar refractivity (Wildman–Crippen MR) is 114 cm³/mol. The van der Waals surface area contributed by atoms with Crippen molar-refractivity contribution in [3.63, 3.8) is 0 Å². The number of hydrogen-bond donors (Lipinski definition) is 2. The van der Waals surface area contributed by atoms with E-state index in [1.54, 1.807) is 48.5 Å². The van der Waals surface area contributed by atoms with Gasteiger partial charge in [0, 0.05) is 22.0 Å². The number of halogens is 1. The van der Waals surface area contributed by atoms with Crippen LogP contribution < -0.4 is 14.8 Å². The standard InChI is InChI=1S/C21H19ClN2O4S/c1-14-6-7-16(13-20(14)22)23-21(25)15-4-3-5-17(12-15)24-29(26,27)19-10-8-18(28-2)9-11-19/h3-13,24H,1-2H3,(H,23,25). The molecular formula is C21H19ClN2O4S. The predicted octanol–water partition coefficient (Wildman–Crippen LogP) is 4.71. The van der Waals surface area contributed by atoms with E-state index in [9.17, 15) is 13.2 Å². The maximum atomic E-state index is 12.6. The summed E-state index contributed by atoms with van der Waals surface area (Å²) in [5.41, 5.74) is 2.03. The lowest BCUT2D eigenvalue weighted by molar-refractivity contribution is 0.102. The minimum absolute atomic E-state index is 0.0856. The number of methoxy groups -OCH3 is 1. The highest BCUT2D eigenvalue weighted by molar-refractivity contribution is 7.92. The Bertz CT molecular complexity index is 1150. The van der Waals surface area contributed by atoms with E-state index in [1.165, 1.54) is 25.3 Å². The Balaban J connectivity index is 1.77. The molecule has 1 amide bonds. The number of sulfonamides is 1. The molecule has 0 heterocycles. The van der Waals surface area contributed by atoms with Crippen LogP contribution in [0.1, 0.15) is 15.9 Å². The first-order valence-corrected chi connectivity index (χ1v) is 10.5. The zero-order valence-electron chi connectivity index (χ0n) is 15.8. The number of ether oxygens (including phenoxy) is 1. The minimum Gasteiger partial charge on any atom is -0.497 e. The molecule has 29 heavy (non-hydrogen) atoms. The van der Waals surface area contributed by atoms with Crippen LogP contribution in [0.2, 0.25) is 5.02 Å². The van der Waals surface area contributed by atoms with Crippen molar-refractivity contribution in [2.75, 3.05) is 17.1 Å².